The van der Waals surface area contributed by atoms with Crippen LogP contribution in [0.3, 0.4) is 0 Å². The van der Waals surface area contributed by atoms with Crippen molar-refractivity contribution in [1.29, 1.82) is 0 Å². The summed E-state index contributed by atoms with van der Waals surface area (Å²) in [5.74, 6) is -1.98. The first-order valence-corrected chi connectivity index (χ1v) is 13.9. The maximum atomic E-state index is 13.6. The minimum absolute atomic E-state index is 0.0485. The molecule has 0 radical (unpaired) electrons. The molecule has 4 rings (SSSR count). The largest absolute Gasteiger partial charge is 0.482 e. The number of hydrogen-bond donors (Lipinski definition) is 0. The van der Waals surface area contributed by atoms with E-state index >= 15 is 0 Å². The monoisotopic (exact) mass is 566 g/mol. The van der Waals surface area contributed by atoms with Crippen molar-refractivity contribution in [3.63, 3.8) is 0 Å². The van der Waals surface area contributed by atoms with Crippen molar-refractivity contribution in [3.8, 4) is 5.75 Å². The van der Waals surface area contributed by atoms with Crippen molar-refractivity contribution >= 4 is 21.6 Å². The van der Waals surface area contributed by atoms with Gasteiger partial charge in [0, 0.05) is 32.2 Å². The summed E-state index contributed by atoms with van der Waals surface area (Å²) in [6.07, 6.45) is 1.28. The van der Waals surface area contributed by atoms with Gasteiger partial charge in [-0.3, -0.25) is 9.69 Å². The van der Waals surface area contributed by atoms with E-state index in [-0.39, 0.29) is 41.3 Å². The molecule has 38 heavy (non-hydrogen) atoms. The first-order chi connectivity index (χ1) is 17.8. The van der Waals surface area contributed by atoms with Gasteiger partial charge in [-0.1, -0.05) is 56.6 Å². The lowest BCUT2D eigenvalue weighted by molar-refractivity contribution is 0.169. The quantitative estimate of drug-likeness (QED) is 0.376. The molecule has 0 bridgehead atoms. The van der Waals surface area contributed by atoms with Crippen LogP contribution in [0.4, 0.5) is 8.78 Å². The maximum absolute atomic E-state index is 13.6. The molecule has 0 saturated carbocycles. The molecule has 204 valence electrons. The SMILES string of the molecule is CC(C)(C)c1ccc(COc2coc(CN3CCN(S(=O)(=O)c4cc(F)c(F)cc4Cl)CC3)cc2=O)cc1. The van der Waals surface area contributed by atoms with Crippen molar-refractivity contribution in [2.24, 2.45) is 0 Å². The molecule has 2 heterocycles. The molecule has 1 saturated heterocycles. The fourth-order valence-electron chi connectivity index (χ4n) is 4.08. The van der Waals surface area contributed by atoms with Crippen LogP contribution in [-0.2, 0) is 28.6 Å². The second kappa shape index (κ2) is 11.1. The molecule has 0 aliphatic carbocycles. The molecule has 1 aliphatic heterocycles. The number of hydrogen-bond acceptors (Lipinski definition) is 6. The Morgan fingerprint density at radius 2 is 1.63 bits per heavy atom. The summed E-state index contributed by atoms with van der Waals surface area (Å²) in [6, 6.07) is 10.6. The third-order valence-electron chi connectivity index (χ3n) is 6.37. The lowest BCUT2D eigenvalue weighted by atomic mass is 9.87. The molecule has 0 spiro atoms. The molecular weight excluding hydrogens is 538 g/mol. The minimum atomic E-state index is -4.10. The van der Waals surface area contributed by atoms with Crippen LogP contribution in [0, 0.1) is 11.6 Å². The summed E-state index contributed by atoms with van der Waals surface area (Å²) in [5.41, 5.74) is 1.87. The van der Waals surface area contributed by atoms with Gasteiger partial charge in [0.1, 0.15) is 23.5 Å². The van der Waals surface area contributed by atoms with Crippen LogP contribution in [-0.4, -0.2) is 43.8 Å². The normalized spacial score (nSPS) is 15.5. The zero-order valence-electron chi connectivity index (χ0n) is 21.3. The molecule has 2 aromatic carbocycles. The minimum Gasteiger partial charge on any atom is -0.482 e. The van der Waals surface area contributed by atoms with Gasteiger partial charge in [0.2, 0.25) is 21.2 Å². The Kier molecular flexibility index (Phi) is 8.27. The zero-order chi connectivity index (χ0) is 27.7. The van der Waals surface area contributed by atoms with Crippen molar-refractivity contribution in [2.45, 2.75) is 44.2 Å². The summed E-state index contributed by atoms with van der Waals surface area (Å²) < 4.78 is 65.2. The molecule has 0 unspecified atom stereocenters. The number of piperazine rings is 1. The lowest BCUT2D eigenvalue weighted by Crippen LogP contribution is -2.48. The maximum Gasteiger partial charge on any atom is 0.244 e. The van der Waals surface area contributed by atoms with Gasteiger partial charge in [-0.25, -0.2) is 17.2 Å². The van der Waals surface area contributed by atoms with Gasteiger partial charge in [0.15, 0.2) is 11.6 Å². The summed E-state index contributed by atoms with van der Waals surface area (Å²) in [7, 11) is -4.10. The molecule has 0 atom stereocenters. The molecule has 7 nitrogen and oxygen atoms in total. The van der Waals surface area contributed by atoms with Gasteiger partial charge < -0.3 is 9.15 Å². The Labute approximate surface area is 225 Å². The van der Waals surface area contributed by atoms with Crippen LogP contribution >= 0.6 is 11.6 Å². The highest BCUT2D eigenvalue weighted by Crippen LogP contribution is 2.28. The summed E-state index contributed by atoms with van der Waals surface area (Å²) in [6.45, 7) is 7.84. The van der Waals surface area contributed by atoms with E-state index in [9.17, 15) is 22.0 Å². The van der Waals surface area contributed by atoms with Gasteiger partial charge in [0.25, 0.3) is 0 Å². The highest BCUT2D eigenvalue weighted by molar-refractivity contribution is 7.89. The Balaban J connectivity index is 1.33. The zero-order valence-corrected chi connectivity index (χ0v) is 22.9. The fraction of sp³-hybridized carbons (Fsp3) is 0.370. The standard InChI is InChI=1S/C27H29ClF2N2O5S/c1-27(2,3)19-6-4-18(5-7-19)16-37-25-17-36-20(12-24(25)33)15-31-8-10-32(11-9-31)38(34,35)26-14-23(30)22(29)13-21(26)28/h4-7,12-14,17H,8-11,15-16H2,1-3H3. The van der Waals surface area contributed by atoms with Crippen LogP contribution in [0.5, 0.6) is 5.75 Å². The fourth-order valence-corrected chi connectivity index (χ4v) is 6.00. The van der Waals surface area contributed by atoms with Gasteiger partial charge in [0.05, 0.1) is 11.6 Å². The second-order valence-corrected chi connectivity index (χ2v) is 12.5. The van der Waals surface area contributed by atoms with Crippen LogP contribution < -0.4 is 10.2 Å². The van der Waals surface area contributed by atoms with E-state index in [4.69, 9.17) is 20.8 Å². The average Bonchev–Trinajstić information content (AvgIpc) is 2.86. The second-order valence-electron chi connectivity index (χ2n) is 10.2. The number of halogens is 3. The van der Waals surface area contributed by atoms with Crippen LogP contribution in [0.1, 0.15) is 37.7 Å². The van der Waals surface area contributed by atoms with Crippen molar-refractivity contribution in [1.82, 2.24) is 9.21 Å². The van der Waals surface area contributed by atoms with E-state index in [2.05, 4.69) is 20.8 Å². The van der Waals surface area contributed by atoms with E-state index in [0.29, 0.717) is 37.5 Å². The number of rotatable bonds is 7. The molecule has 1 fully saturated rings. The number of nitrogens with zero attached hydrogens (tertiary/aromatic N) is 2. The smallest absolute Gasteiger partial charge is 0.244 e. The summed E-state index contributed by atoms with van der Waals surface area (Å²) in [4.78, 5) is 14.0. The number of ether oxygens (including phenoxy) is 1. The molecule has 1 aromatic heterocycles. The number of benzene rings is 2. The third-order valence-corrected chi connectivity index (χ3v) is 8.73. The van der Waals surface area contributed by atoms with Crippen LogP contribution in [0.25, 0.3) is 0 Å². The number of sulfonamides is 1. The summed E-state index contributed by atoms with van der Waals surface area (Å²) in [5, 5.41) is -0.377. The average molecular weight is 567 g/mol. The van der Waals surface area contributed by atoms with E-state index in [0.717, 1.165) is 5.56 Å². The molecule has 1 aliphatic rings. The van der Waals surface area contributed by atoms with Gasteiger partial charge >= 0.3 is 0 Å². The molecular formula is C27H29ClF2N2O5S. The Bertz CT molecular complexity index is 1460. The van der Waals surface area contributed by atoms with Gasteiger partial charge in [-0.2, -0.15) is 4.31 Å². The first kappa shape index (κ1) is 28.2. The highest BCUT2D eigenvalue weighted by atomic mass is 35.5. The van der Waals surface area contributed by atoms with Crippen LogP contribution in [0.15, 0.2) is 62.8 Å². The molecule has 3 aromatic rings. The van der Waals surface area contributed by atoms with E-state index < -0.39 is 26.6 Å². The highest BCUT2D eigenvalue weighted by Gasteiger charge is 2.31. The van der Waals surface area contributed by atoms with Crippen molar-refractivity contribution in [3.05, 3.63) is 92.5 Å². The molecule has 11 heteroatoms. The Hall–Kier alpha value is -2.79. The summed E-state index contributed by atoms with van der Waals surface area (Å²) >= 11 is 5.87. The topological polar surface area (TPSA) is 80.1 Å². The molecule has 0 N–H and O–H groups in total. The molecule has 0 amide bonds. The predicted octanol–water partition coefficient (Wildman–Crippen LogP) is 4.95. The van der Waals surface area contributed by atoms with E-state index in [1.54, 1.807) is 0 Å². The lowest BCUT2D eigenvalue weighted by Gasteiger charge is -2.33. The van der Waals surface area contributed by atoms with E-state index in [1.807, 2.05) is 29.2 Å². The van der Waals surface area contributed by atoms with Crippen LogP contribution in [0.2, 0.25) is 5.02 Å². The first-order valence-electron chi connectivity index (χ1n) is 12.1. The van der Waals surface area contributed by atoms with Gasteiger partial charge in [-0.15, -0.1) is 0 Å². The van der Waals surface area contributed by atoms with E-state index in [1.165, 1.54) is 22.2 Å². The predicted molar refractivity (Wildman–Crippen MR) is 140 cm³/mol. The third kappa shape index (κ3) is 6.43. The van der Waals surface area contributed by atoms with Crippen molar-refractivity contribution in [2.75, 3.05) is 26.2 Å². The Morgan fingerprint density at radius 3 is 2.24 bits per heavy atom. The Morgan fingerprint density at radius 1 is 1.00 bits per heavy atom. The van der Waals surface area contributed by atoms with Crippen molar-refractivity contribution < 1.29 is 26.4 Å². The van der Waals surface area contributed by atoms with Gasteiger partial charge in [-0.05, 0) is 28.7 Å².